The summed E-state index contributed by atoms with van der Waals surface area (Å²) < 4.78 is 45.5. The van der Waals surface area contributed by atoms with Gasteiger partial charge in [-0.05, 0) is 55.0 Å². The fourth-order valence-corrected chi connectivity index (χ4v) is 4.52. The van der Waals surface area contributed by atoms with Gasteiger partial charge in [0.25, 0.3) is 0 Å². The lowest BCUT2D eigenvalue weighted by atomic mass is 10.0. The van der Waals surface area contributed by atoms with Crippen molar-refractivity contribution in [3.8, 4) is 11.3 Å². The maximum atomic E-state index is 13.1. The Kier molecular flexibility index (Phi) is 4.30. The molecule has 3 aromatic rings. The molecule has 0 saturated heterocycles. The monoisotopic (exact) mass is 392 g/mol. The minimum atomic E-state index is -3.64. The highest BCUT2D eigenvalue weighted by molar-refractivity contribution is 7.89. The summed E-state index contributed by atoms with van der Waals surface area (Å²) in [6, 6.07) is 12.0. The van der Waals surface area contributed by atoms with E-state index in [4.69, 9.17) is 16.1 Å². The van der Waals surface area contributed by atoms with Crippen LogP contribution in [0.1, 0.15) is 11.3 Å². The number of hydrogen-bond acceptors (Lipinski definition) is 4. The van der Waals surface area contributed by atoms with E-state index in [1.807, 2.05) is 0 Å². The molecule has 0 N–H and O–H groups in total. The molecule has 4 rings (SSSR count). The molecule has 0 fully saturated rings. The van der Waals surface area contributed by atoms with E-state index in [0.717, 1.165) is 5.56 Å². The Labute approximate surface area is 155 Å². The lowest BCUT2D eigenvalue weighted by molar-refractivity contribution is 0.371. The molecule has 2 aromatic carbocycles. The van der Waals surface area contributed by atoms with Crippen molar-refractivity contribution in [2.24, 2.45) is 0 Å². The van der Waals surface area contributed by atoms with Crippen molar-refractivity contribution in [3.63, 3.8) is 0 Å². The summed E-state index contributed by atoms with van der Waals surface area (Å²) in [4.78, 5) is 0.188. The largest absolute Gasteiger partial charge is 0.356 e. The molecule has 1 aliphatic heterocycles. The van der Waals surface area contributed by atoms with Crippen LogP contribution in [0.3, 0.4) is 0 Å². The average molecular weight is 393 g/mol. The summed E-state index contributed by atoms with van der Waals surface area (Å²) in [5.74, 6) is 0.228. The molecule has 0 bridgehead atoms. The minimum absolute atomic E-state index is 0.130. The van der Waals surface area contributed by atoms with Crippen LogP contribution in [0, 0.1) is 5.82 Å². The molecule has 0 saturated carbocycles. The van der Waals surface area contributed by atoms with Gasteiger partial charge < -0.3 is 4.52 Å². The van der Waals surface area contributed by atoms with Gasteiger partial charge in [0, 0.05) is 22.7 Å². The molecule has 5 nitrogen and oxygen atoms in total. The second-order valence-corrected chi connectivity index (χ2v) is 8.36. The van der Waals surface area contributed by atoms with E-state index in [9.17, 15) is 12.8 Å². The van der Waals surface area contributed by atoms with Gasteiger partial charge in [0.1, 0.15) is 11.5 Å². The van der Waals surface area contributed by atoms with Gasteiger partial charge in [-0.1, -0.05) is 16.8 Å². The Morgan fingerprint density at radius 2 is 1.77 bits per heavy atom. The van der Waals surface area contributed by atoms with Gasteiger partial charge in [0.05, 0.1) is 11.4 Å². The van der Waals surface area contributed by atoms with E-state index in [-0.39, 0.29) is 17.3 Å². The number of benzene rings is 2. The van der Waals surface area contributed by atoms with Gasteiger partial charge >= 0.3 is 0 Å². The zero-order chi connectivity index (χ0) is 18.3. The highest BCUT2D eigenvalue weighted by Gasteiger charge is 2.32. The van der Waals surface area contributed by atoms with Crippen LogP contribution < -0.4 is 0 Å². The number of halogens is 2. The van der Waals surface area contributed by atoms with Gasteiger partial charge in [-0.2, -0.15) is 4.31 Å². The predicted molar refractivity (Wildman–Crippen MR) is 94.6 cm³/mol. The van der Waals surface area contributed by atoms with E-state index in [1.165, 1.54) is 28.6 Å². The Balaban J connectivity index is 1.63. The molecule has 1 aliphatic rings. The van der Waals surface area contributed by atoms with Crippen LogP contribution in [-0.4, -0.2) is 24.4 Å². The third kappa shape index (κ3) is 3.02. The number of hydrogen-bond donors (Lipinski definition) is 0. The maximum Gasteiger partial charge on any atom is 0.243 e. The highest BCUT2D eigenvalue weighted by Crippen LogP contribution is 2.32. The lowest BCUT2D eigenvalue weighted by Gasteiger charge is -2.25. The van der Waals surface area contributed by atoms with Crippen LogP contribution in [0.5, 0.6) is 0 Å². The molecule has 134 valence electrons. The number of nitrogens with zero attached hydrogens (tertiary/aromatic N) is 2. The van der Waals surface area contributed by atoms with Crippen LogP contribution >= 0.6 is 11.6 Å². The van der Waals surface area contributed by atoms with Crippen molar-refractivity contribution in [1.82, 2.24) is 9.46 Å². The topological polar surface area (TPSA) is 63.4 Å². The molecule has 0 aliphatic carbocycles. The van der Waals surface area contributed by atoms with Crippen molar-refractivity contribution in [3.05, 3.63) is 70.6 Å². The van der Waals surface area contributed by atoms with Gasteiger partial charge in [-0.3, -0.25) is 0 Å². The molecule has 0 unspecified atom stereocenters. The molecule has 0 radical (unpaired) electrons. The first kappa shape index (κ1) is 17.2. The number of sulfonamides is 1. The summed E-state index contributed by atoms with van der Waals surface area (Å²) in [6.07, 6.45) is 0.471. The minimum Gasteiger partial charge on any atom is -0.356 e. The second-order valence-electron chi connectivity index (χ2n) is 5.99. The molecule has 2 heterocycles. The lowest BCUT2D eigenvalue weighted by Crippen LogP contribution is -2.35. The molecule has 8 heteroatoms. The van der Waals surface area contributed by atoms with Crippen LogP contribution in [0.4, 0.5) is 4.39 Å². The third-order valence-electron chi connectivity index (χ3n) is 4.36. The predicted octanol–water partition coefficient (Wildman–Crippen LogP) is 3.88. The zero-order valence-corrected chi connectivity index (χ0v) is 15.1. The highest BCUT2D eigenvalue weighted by atomic mass is 35.5. The fourth-order valence-electron chi connectivity index (χ4n) is 3.00. The van der Waals surface area contributed by atoms with Gasteiger partial charge in [-0.15, -0.1) is 0 Å². The van der Waals surface area contributed by atoms with Gasteiger partial charge in [-0.25, -0.2) is 12.8 Å². The first-order chi connectivity index (χ1) is 12.4. The van der Waals surface area contributed by atoms with Crippen molar-refractivity contribution >= 4 is 21.6 Å². The molecule has 1 aromatic heterocycles. The number of fused-ring (bicyclic) bond motifs is 1. The molecule has 0 spiro atoms. The molecular weight excluding hydrogens is 379 g/mol. The Morgan fingerprint density at radius 3 is 2.46 bits per heavy atom. The summed E-state index contributed by atoms with van der Waals surface area (Å²) in [7, 11) is -3.64. The van der Waals surface area contributed by atoms with Crippen molar-refractivity contribution in [1.29, 1.82) is 0 Å². The van der Waals surface area contributed by atoms with E-state index >= 15 is 0 Å². The van der Waals surface area contributed by atoms with Crippen LogP contribution in [0.15, 0.2) is 57.9 Å². The van der Waals surface area contributed by atoms with E-state index in [2.05, 4.69) is 5.16 Å². The van der Waals surface area contributed by atoms with Crippen molar-refractivity contribution in [2.75, 3.05) is 6.54 Å². The summed E-state index contributed by atoms with van der Waals surface area (Å²) in [5, 5.41) is 4.51. The van der Waals surface area contributed by atoms with E-state index in [0.29, 0.717) is 35.0 Å². The quantitative estimate of drug-likeness (QED) is 0.678. The average Bonchev–Trinajstić information content (AvgIpc) is 3.06. The van der Waals surface area contributed by atoms with Crippen molar-refractivity contribution < 1.29 is 17.3 Å². The summed E-state index contributed by atoms with van der Waals surface area (Å²) in [5.41, 5.74) is 2.15. The fraction of sp³-hybridized carbons (Fsp3) is 0.167. The molecule has 0 atom stereocenters. The normalized spacial score (nSPS) is 15.0. The van der Waals surface area contributed by atoms with Crippen LogP contribution in [0.2, 0.25) is 5.02 Å². The SMILES string of the molecule is O=S(=O)(c1ccc(Cl)cc1)N1CCc2c(noc2-c2ccc(F)cc2)C1. The summed E-state index contributed by atoms with van der Waals surface area (Å²) in [6.45, 7) is 0.443. The van der Waals surface area contributed by atoms with Crippen LogP contribution in [0.25, 0.3) is 11.3 Å². The van der Waals surface area contributed by atoms with Gasteiger partial charge in [0.15, 0.2) is 5.76 Å². The standard InChI is InChI=1S/C18H14ClFN2O3S/c19-13-3-7-15(8-4-13)26(23,24)22-10-9-16-17(11-22)21-25-18(16)12-1-5-14(20)6-2-12/h1-8H,9-11H2. The first-order valence-electron chi connectivity index (χ1n) is 7.94. The smallest absolute Gasteiger partial charge is 0.243 e. The van der Waals surface area contributed by atoms with Crippen LogP contribution in [-0.2, 0) is 23.0 Å². The Morgan fingerprint density at radius 1 is 1.08 bits per heavy atom. The number of aromatic nitrogens is 1. The Hall–Kier alpha value is -2.22. The number of rotatable bonds is 3. The van der Waals surface area contributed by atoms with E-state index < -0.39 is 10.0 Å². The Bertz CT molecular complexity index is 1050. The molecule has 26 heavy (non-hydrogen) atoms. The molecule has 0 amide bonds. The van der Waals surface area contributed by atoms with Gasteiger partial charge in [0.2, 0.25) is 10.0 Å². The van der Waals surface area contributed by atoms with Crippen molar-refractivity contribution in [2.45, 2.75) is 17.9 Å². The van der Waals surface area contributed by atoms with E-state index in [1.54, 1.807) is 24.3 Å². The maximum absolute atomic E-state index is 13.1. The molecular formula is C18H14ClFN2O3S. The summed E-state index contributed by atoms with van der Waals surface area (Å²) >= 11 is 5.83. The zero-order valence-electron chi connectivity index (χ0n) is 13.5. The third-order valence-corrected chi connectivity index (χ3v) is 6.48. The second kappa shape index (κ2) is 6.50. The first-order valence-corrected chi connectivity index (χ1v) is 9.76.